The lowest BCUT2D eigenvalue weighted by atomic mass is 9.75. The van der Waals surface area contributed by atoms with Crippen LogP contribution in [0.25, 0.3) is 0 Å². The number of amides is 1. The SMILES string of the molecule is CC(C)(CC(c1cc(Cl)c(Cl)cc1O)C1CCN(C(=O)CO)CC1)[S+](N)[O-]. The van der Waals surface area contributed by atoms with Crippen molar-refractivity contribution in [1.29, 1.82) is 0 Å². The lowest BCUT2D eigenvalue weighted by Crippen LogP contribution is -2.43. The number of carbonyl (C=O) groups excluding carboxylic acids is 1. The minimum atomic E-state index is -1.55. The fraction of sp³-hybridized carbons (Fsp3) is 0.611. The predicted molar refractivity (Wildman–Crippen MR) is 108 cm³/mol. The van der Waals surface area contributed by atoms with E-state index in [2.05, 4.69) is 0 Å². The van der Waals surface area contributed by atoms with Crippen molar-refractivity contribution in [2.24, 2.45) is 11.1 Å². The van der Waals surface area contributed by atoms with Gasteiger partial charge in [0.15, 0.2) is 0 Å². The number of carbonyl (C=O) groups is 1. The van der Waals surface area contributed by atoms with E-state index in [4.69, 9.17) is 33.4 Å². The number of halogens is 2. The zero-order valence-electron chi connectivity index (χ0n) is 15.5. The van der Waals surface area contributed by atoms with Gasteiger partial charge in [-0.05, 0) is 50.2 Å². The number of aliphatic hydroxyl groups excluding tert-OH is 1. The van der Waals surface area contributed by atoms with Gasteiger partial charge in [0.25, 0.3) is 0 Å². The summed E-state index contributed by atoms with van der Waals surface area (Å²) < 4.78 is 11.3. The Morgan fingerprint density at radius 2 is 1.93 bits per heavy atom. The zero-order valence-corrected chi connectivity index (χ0v) is 17.8. The highest BCUT2D eigenvalue weighted by Crippen LogP contribution is 2.45. The topological polar surface area (TPSA) is 110 Å². The number of rotatable bonds is 6. The van der Waals surface area contributed by atoms with E-state index in [1.807, 2.05) is 13.8 Å². The van der Waals surface area contributed by atoms with Crippen LogP contribution in [0.4, 0.5) is 0 Å². The van der Waals surface area contributed by atoms with Gasteiger partial charge in [-0.1, -0.05) is 23.2 Å². The summed E-state index contributed by atoms with van der Waals surface area (Å²) in [6.45, 7) is 4.20. The Labute approximate surface area is 172 Å². The van der Waals surface area contributed by atoms with Gasteiger partial charge in [0.1, 0.15) is 17.1 Å². The van der Waals surface area contributed by atoms with Gasteiger partial charge in [-0.2, -0.15) is 5.14 Å². The van der Waals surface area contributed by atoms with Gasteiger partial charge in [-0.15, -0.1) is 0 Å². The third-order valence-electron chi connectivity index (χ3n) is 5.32. The van der Waals surface area contributed by atoms with Gasteiger partial charge in [-0.3, -0.25) is 4.79 Å². The number of benzene rings is 1. The normalized spacial score (nSPS) is 18.4. The van der Waals surface area contributed by atoms with Crippen LogP contribution in [-0.2, 0) is 16.2 Å². The number of hydrogen-bond acceptors (Lipinski definition) is 5. The molecule has 1 aliphatic rings. The molecule has 0 saturated carbocycles. The molecule has 6 nitrogen and oxygen atoms in total. The third kappa shape index (κ3) is 5.43. The van der Waals surface area contributed by atoms with Gasteiger partial charge in [0.05, 0.1) is 10.0 Å². The van der Waals surface area contributed by atoms with Crippen molar-refractivity contribution < 1.29 is 19.6 Å². The first kappa shape index (κ1) is 22.6. The number of phenols is 1. The van der Waals surface area contributed by atoms with Crippen LogP contribution in [0.2, 0.25) is 10.0 Å². The molecule has 9 heteroatoms. The number of aromatic hydroxyl groups is 1. The molecule has 1 aromatic rings. The summed E-state index contributed by atoms with van der Waals surface area (Å²) >= 11 is 10.6. The first-order valence-corrected chi connectivity index (χ1v) is 10.8. The summed E-state index contributed by atoms with van der Waals surface area (Å²) in [5.74, 6) is -0.250. The van der Waals surface area contributed by atoms with Crippen molar-refractivity contribution in [3.05, 3.63) is 27.7 Å². The number of piperidine rings is 1. The van der Waals surface area contributed by atoms with Crippen LogP contribution < -0.4 is 5.14 Å². The van der Waals surface area contributed by atoms with Crippen molar-refractivity contribution in [2.45, 2.75) is 43.8 Å². The van der Waals surface area contributed by atoms with Crippen LogP contribution in [0.3, 0.4) is 0 Å². The fourth-order valence-corrected chi connectivity index (χ4v) is 4.32. The molecule has 2 rings (SSSR count). The molecule has 4 N–H and O–H groups in total. The van der Waals surface area contributed by atoms with Crippen molar-refractivity contribution in [3.8, 4) is 5.75 Å². The summed E-state index contributed by atoms with van der Waals surface area (Å²) in [5, 5.41) is 25.8. The number of aliphatic hydroxyl groups is 1. The largest absolute Gasteiger partial charge is 0.598 e. The smallest absolute Gasteiger partial charge is 0.248 e. The summed E-state index contributed by atoms with van der Waals surface area (Å²) in [6, 6.07) is 3.08. The van der Waals surface area contributed by atoms with Gasteiger partial charge in [-0.25, -0.2) is 0 Å². The second kappa shape index (κ2) is 9.20. The quantitative estimate of drug-likeness (QED) is 0.593. The zero-order chi connectivity index (χ0) is 20.4. The Kier molecular flexibility index (Phi) is 7.70. The fourth-order valence-electron chi connectivity index (χ4n) is 3.64. The molecule has 0 aromatic heterocycles. The molecule has 1 saturated heterocycles. The number of phenolic OH excluding ortho intramolecular Hbond substituents is 1. The minimum Gasteiger partial charge on any atom is -0.598 e. The highest BCUT2D eigenvalue weighted by atomic mass is 35.5. The summed E-state index contributed by atoms with van der Waals surface area (Å²) in [4.78, 5) is 13.3. The van der Waals surface area contributed by atoms with Crippen LogP contribution in [0.15, 0.2) is 12.1 Å². The molecule has 1 amide bonds. The predicted octanol–water partition coefficient (Wildman–Crippen LogP) is 2.80. The number of nitrogens with zero attached hydrogens (tertiary/aromatic N) is 1. The first-order chi connectivity index (χ1) is 12.6. The molecule has 0 spiro atoms. The van der Waals surface area contributed by atoms with Crippen LogP contribution in [-0.4, -0.2) is 50.0 Å². The second-order valence-corrected chi connectivity index (χ2v) is 10.1. The summed E-state index contributed by atoms with van der Waals surface area (Å²) in [6.07, 6.45) is 1.88. The molecule has 152 valence electrons. The Hall–Kier alpha value is -0.700. The maximum absolute atomic E-state index is 12.0. The van der Waals surface area contributed by atoms with E-state index in [-0.39, 0.29) is 28.5 Å². The van der Waals surface area contributed by atoms with E-state index < -0.39 is 22.7 Å². The van der Waals surface area contributed by atoms with Crippen LogP contribution in [0, 0.1) is 5.92 Å². The highest BCUT2D eigenvalue weighted by Gasteiger charge is 2.39. The average Bonchev–Trinajstić information content (AvgIpc) is 2.62. The molecule has 2 unspecified atom stereocenters. The van der Waals surface area contributed by atoms with Crippen molar-refractivity contribution >= 4 is 40.5 Å². The van der Waals surface area contributed by atoms with Gasteiger partial charge < -0.3 is 19.7 Å². The molecule has 1 fully saturated rings. The van der Waals surface area contributed by atoms with Gasteiger partial charge >= 0.3 is 0 Å². The van der Waals surface area contributed by atoms with E-state index in [0.29, 0.717) is 42.9 Å². The maximum Gasteiger partial charge on any atom is 0.248 e. The van der Waals surface area contributed by atoms with Gasteiger partial charge in [0, 0.05) is 36.9 Å². The Morgan fingerprint density at radius 3 is 2.44 bits per heavy atom. The third-order valence-corrected chi connectivity index (χ3v) is 7.30. The van der Waals surface area contributed by atoms with E-state index in [0.717, 1.165) is 0 Å². The lowest BCUT2D eigenvalue weighted by Gasteiger charge is -2.39. The van der Waals surface area contributed by atoms with E-state index in [9.17, 15) is 14.5 Å². The molecular weight excluding hydrogens is 411 g/mol. The average molecular weight is 437 g/mol. The monoisotopic (exact) mass is 436 g/mol. The van der Waals surface area contributed by atoms with E-state index >= 15 is 0 Å². The van der Waals surface area contributed by atoms with Crippen molar-refractivity contribution in [2.75, 3.05) is 19.7 Å². The second-order valence-electron chi connectivity index (χ2n) is 7.57. The Morgan fingerprint density at radius 1 is 1.37 bits per heavy atom. The molecular formula is C18H26Cl2N2O4S. The van der Waals surface area contributed by atoms with E-state index in [1.54, 1.807) is 11.0 Å². The molecule has 0 radical (unpaired) electrons. The Balaban J connectivity index is 2.32. The molecule has 27 heavy (non-hydrogen) atoms. The number of hydrogen-bond donors (Lipinski definition) is 3. The van der Waals surface area contributed by atoms with Gasteiger partial charge in [0.2, 0.25) is 5.91 Å². The molecule has 1 aromatic carbocycles. The molecule has 1 heterocycles. The van der Waals surface area contributed by atoms with Crippen molar-refractivity contribution in [3.63, 3.8) is 0 Å². The summed E-state index contributed by atoms with van der Waals surface area (Å²) in [5.41, 5.74) is 0.648. The van der Waals surface area contributed by atoms with Crippen molar-refractivity contribution in [1.82, 2.24) is 4.90 Å². The molecule has 0 bridgehead atoms. The minimum absolute atomic E-state index is 0.0434. The van der Waals surface area contributed by atoms with E-state index in [1.165, 1.54) is 6.07 Å². The Bertz CT molecular complexity index is 680. The van der Waals surface area contributed by atoms with Crippen LogP contribution >= 0.6 is 23.2 Å². The molecule has 1 aliphatic heterocycles. The first-order valence-electron chi connectivity index (χ1n) is 8.79. The number of nitrogens with two attached hydrogens (primary N) is 1. The lowest BCUT2D eigenvalue weighted by molar-refractivity contribution is -0.135. The van der Waals surface area contributed by atoms with Crippen LogP contribution in [0.1, 0.15) is 44.6 Å². The highest BCUT2D eigenvalue weighted by molar-refractivity contribution is 7.90. The number of likely N-dealkylation sites (tertiary alicyclic amines) is 1. The molecule has 0 aliphatic carbocycles. The summed E-state index contributed by atoms with van der Waals surface area (Å²) in [7, 11) is 0. The van der Waals surface area contributed by atoms with Crippen LogP contribution in [0.5, 0.6) is 5.75 Å². The molecule has 2 atom stereocenters. The standard InChI is InChI=1S/C18H26Cl2N2O4S/c1-18(2,27(21)26)9-13(12-7-14(19)15(20)8-16(12)24)11-3-5-22(6-4-11)17(25)10-23/h7-8,11,13,23-24H,3-6,9-10,21H2,1-2H3. The maximum atomic E-state index is 12.0.